The molecule has 0 fully saturated rings. The molecule has 1 aromatic carbocycles. The number of carbonyl (C=O) groups excluding carboxylic acids is 2. The molecule has 0 aliphatic carbocycles. The van der Waals surface area contributed by atoms with Crippen molar-refractivity contribution < 1.29 is 19.8 Å². The first kappa shape index (κ1) is 15.3. The number of Topliss-reactive ketones (excluding diaryl/α,β-unsaturated/α-hetero) is 1. The number of ketones is 1. The second kappa shape index (κ2) is 7.57. The molecule has 0 unspecified atom stereocenters. The standard InChI is InChI=1S/C13H16O3.H2O/c1-3-10(2)9-16-12-6-4-11(5-7-12)13(15)8-14;/h4-8,10H,3,9H2,1-2H3;1H2/t10-;/m0./s1. The Morgan fingerprint density at radius 3 is 2.41 bits per heavy atom. The largest absolute Gasteiger partial charge is 0.493 e. The molecule has 2 N–H and O–H groups in total. The molecule has 0 saturated heterocycles. The summed E-state index contributed by atoms with van der Waals surface area (Å²) in [5.41, 5.74) is 0.394. The van der Waals surface area contributed by atoms with Crippen LogP contribution in [0.4, 0.5) is 0 Å². The predicted molar refractivity (Wildman–Crippen MR) is 65.4 cm³/mol. The lowest BCUT2D eigenvalue weighted by molar-refractivity contribution is -0.104. The Balaban J connectivity index is 0.00000256. The summed E-state index contributed by atoms with van der Waals surface area (Å²) in [6.45, 7) is 4.89. The minimum Gasteiger partial charge on any atom is -0.493 e. The van der Waals surface area contributed by atoms with E-state index in [0.29, 0.717) is 24.4 Å². The van der Waals surface area contributed by atoms with Crippen molar-refractivity contribution in [3.63, 3.8) is 0 Å². The summed E-state index contributed by atoms with van der Waals surface area (Å²) < 4.78 is 5.53. The molecule has 1 rings (SSSR count). The van der Waals surface area contributed by atoms with Gasteiger partial charge in [-0.05, 0) is 30.2 Å². The predicted octanol–water partition coefficient (Wildman–Crippen LogP) is 1.67. The Morgan fingerprint density at radius 1 is 1.35 bits per heavy atom. The second-order valence-corrected chi connectivity index (χ2v) is 3.83. The van der Waals surface area contributed by atoms with Crippen LogP contribution in [0.1, 0.15) is 30.6 Å². The SMILES string of the molecule is CC[C@H](C)COc1ccc(C(=O)C=O)cc1.O. The molecule has 0 bridgehead atoms. The van der Waals surface area contributed by atoms with Gasteiger partial charge in [0.15, 0.2) is 6.29 Å². The van der Waals surface area contributed by atoms with Crippen LogP contribution in [-0.4, -0.2) is 24.2 Å². The third-order valence-electron chi connectivity index (χ3n) is 2.48. The summed E-state index contributed by atoms with van der Waals surface area (Å²) in [5.74, 6) is 0.729. The normalized spacial score (nSPS) is 11.2. The summed E-state index contributed by atoms with van der Waals surface area (Å²) in [6.07, 6.45) is 1.39. The van der Waals surface area contributed by atoms with Gasteiger partial charge < -0.3 is 10.2 Å². The summed E-state index contributed by atoms with van der Waals surface area (Å²) >= 11 is 0. The van der Waals surface area contributed by atoms with E-state index in [9.17, 15) is 9.59 Å². The highest BCUT2D eigenvalue weighted by molar-refractivity contribution is 6.33. The molecule has 0 radical (unpaired) electrons. The van der Waals surface area contributed by atoms with E-state index in [4.69, 9.17) is 4.74 Å². The Bertz CT molecular complexity index is 356. The Labute approximate surface area is 101 Å². The molecule has 0 amide bonds. The monoisotopic (exact) mass is 238 g/mol. The zero-order chi connectivity index (χ0) is 12.0. The molecule has 0 spiro atoms. The maximum absolute atomic E-state index is 11.0. The number of carbonyl (C=O) groups is 2. The summed E-state index contributed by atoms with van der Waals surface area (Å²) in [5, 5.41) is 0. The lowest BCUT2D eigenvalue weighted by Crippen LogP contribution is -2.07. The van der Waals surface area contributed by atoms with Gasteiger partial charge in [0.05, 0.1) is 6.61 Å². The third-order valence-corrected chi connectivity index (χ3v) is 2.48. The van der Waals surface area contributed by atoms with E-state index in [-0.39, 0.29) is 5.48 Å². The van der Waals surface area contributed by atoms with Gasteiger partial charge in [0.2, 0.25) is 5.78 Å². The summed E-state index contributed by atoms with van der Waals surface area (Å²) in [7, 11) is 0. The van der Waals surface area contributed by atoms with E-state index in [0.717, 1.165) is 12.2 Å². The van der Waals surface area contributed by atoms with Crippen molar-refractivity contribution in [3.05, 3.63) is 29.8 Å². The molecule has 0 aliphatic heterocycles. The number of ether oxygens (including phenoxy) is 1. The van der Waals surface area contributed by atoms with Gasteiger partial charge in [0.1, 0.15) is 5.75 Å². The fourth-order valence-electron chi connectivity index (χ4n) is 1.14. The number of hydrogen-bond donors (Lipinski definition) is 0. The van der Waals surface area contributed by atoms with Crippen LogP contribution >= 0.6 is 0 Å². The van der Waals surface area contributed by atoms with Gasteiger partial charge in [-0.15, -0.1) is 0 Å². The van der Waals surface area contributed by atoms with Crippen LogP contribution < -0.4 is 4.74 Å². The molecule has 0 heterocycles. The maximum Gasteiger partial charge on any atom is 0.225 e. The van der Waals surface area contributed by atoms with E-state index in [1.807, 2.05) is 0 Å². The average Bonchev–Trinajstić information content (AvgIpc) is 2.35. The molecule has 0 aromatic heterocycles. The quantitative estimate of drug-likeness (QED) is 0.430. The van der Waals surface area contributed by atoms with Gasteiger partial charge >= 0.3 is 0 Å². The van der Waals surface area contributed by atoms with Gasteiger partial charge in [-0.2, -0.15) is 0 Å². The van der Waals surface area contributed by atoms with Crippen molar-refractivity contribution in [1.82, 2.24) is 0 Å². The first-order valence-corrected chi connectivity index (χ1v) is 5.39. The molecule has 0 aliphatic rings. The van der Waals surface area contributed by atoms with Crippen LogP contribution in [0.5, 0.6) is 5.75 Å². The minimum atomic E-state index is -0.506. The summed E-state index contributed by atoms with van der Waals surface area (Å²) in [6, 6.07) is 6.61. The van der Waals surface area contributed by atoms with Crippen LogP contribution in [-0.2, 0) is 4.79 Å². The highest BCUT2D eigenvalue weighted by Gasteiger charge is 2.04. The minimum absolute atomic E-state index is 0. The first-order valence-electron chi connectivity index (χ1n) is 5.39. The van der Waals surface area contributed by atoms with Crippen molar-refractivity contribution in [2.24, 2.45) is 5.92 Å². The van der Waals surface area contributed by atoms with Gasteiger partial charge in [-0.3, -0.25) is 9.59 Å². The first-order chi connectivity index (χ1) is 7.67. The smallest absolute Gasteiger partial charge is 0.225 e. The number of rotatable bonds is 6. The fraction of sp³-hybridized carbons (Fsp3) is 0.385. The lowest BCUT2D eigenvalue weighted by atomic mass is 10.1. The van der Waals surface area contributed by atoms with Gasteiger partial charge in [-0.1, -0.05) is 20.3 Å². The Morgan fingerprint density at radius 2 is 1.94 bits per heavy atom. The van der Waals surface area contributed by atoms with E-state index in [1.54, 1.807) is 24.3 Å². The topological polar surface area (TPSA) is 74.9 Å². The van der Waals surface area contributed by atoms with Crippen LogP contribution in [0.25, 0.3) is 0 Å². The maximum atomic E-state index is 11.0. The molecule has 17 heavy (non-hydrogen) atoms. The zero-order valence-corrected chi connectivity index (χ0v) is 10.1. The zero-order valence-electron chi connectivity index (χ0n) is 10.1. The van der Waals surface area contributed by atoms with E-state index in [1.165, 1.54) is 0 Å². The van der Waals surface area contributed by atoms with Crippen LogP contribution in [0.15, 0.2) is 24.3 Å². The van der Waals surface area contributed by atoms with Gasteiger partial charge in [-0.25, -0.2) is 0 Å². The highest BCUT2D eigenvalue weighted by Crippen LogP contribution is 2.14. The average molecular weight is 238 g/mol. The Kier molecular flexibility index (Phi) is 6.82. The van der Waals surface area contributed by atoms with Crippen molar-refractivity contribution in [3.8, 4) is 5.75 Å². The third kappa shape index (κ3) is 4.78. The molecule has 0 saturated carbocycles. The molecule has 1 atom stereocenters. The van der Waals surface area contributed by atoms with Crippen LogP contribution in [0.2, 0.25) is 0 Å². The van der Waals surface area contributed by atoms with E-state index in [2.05, 4.69) is 13.8 Å². The lowest BCUT2D eigenvalue weighted by Gasteiger charge is -2.10. The van der Waals surface area contributed by atoms with Crippen molar-refractivity contribution in [2.75, 3.05) is 6.61 Å². The molecule has 4 heteroatoms. The molecule has 4 nitrogen and oxygen atoms in total. The highest BCUT2D eigenvalue weighted by atomic mass is 16.5. The van der Waals surface area contributed by atoms with Gasteiger partial charge in [0, 0.05) is 5.56 Å². The number of benzene rings is 1. The van der Waals surface area contributed by atoms with Crippen molar-refractivity contribution in [1.29, 1.82) is 0 Å². The van der Waals surface area contributed by atoms with Crippen LogP contribution in [0.3, 0.4) is 0 Å². The fourth-order valence-corrected chi connectivity index (χ4v) is 1.14. The number of hydrogen-bond acceptors (Lipinski definition) is 3. The molecular formula is C13H18O4. The second-order valence-electron chi connectivity index (χ2n) is 3.83. The summed E-state index contributed by atoms with van der Waals surface area (Å²) in [4.78, 5) is 21.3. The number of aldehydes is 1. The van der Waals surface area contributed by atoms with Gasteiger partial charge in [0.25, 0.3) is 0 Å². The van der Waals surface area contributed by atoms with Crippen LogP contribution in [0, 0.1) is 5.92 Å². The molecular weight excluding hydrogens is 220 g/mol. The van der Waals surface area contributed by atoms with E-state index < -0.39 is 5.78 Å². The molecule has 1 aromatic rings. The van der Waals surface area contributed by atoms with Crippen molar-refractivity contribution >= 4 is 12.1 Å². The Hall–Kier alpha value is -1.68. The molecule has 94 valence electrons. The van der Waals surface area contributed by atoms with Crippen molar-refractivity contribution in [2.45, 2.75) is 20.3 Å². The van der Waals surface area contributed by atoms with E-state index >= 15 is 0 Å².